The number of aryl methyl sites for hydroxylation is 1. The van der Waals surface area contributed by atoms with Crippen LogP contribution in [0.1, 0.15) is 10.4 Å². The van der Waals surface area contributed by atoms with Crippen LogP contribution in [0.25, 0.3) is 16.2 Å². The van der Waals surface area contributed by atoms with Crippen molar-refractivity contribution in [1.29, 1.82) is 0 Å². The van der Waals surface area contributed by atoms with E-state index in [4.69, 9.17) is 4.74 Å². The normalized spacial score (nSPS) is 11.0. The van der Waals surface area contributed by atoms with Gasteiger partial charge >= 0.3 is 0 Å². The molecule has 0 saturated heterocycles. The third kappa shape index (κ3) is 2.87. The Morgan fingerprint density at radius 2 is 2.20 bits per heavy atom. The third-order valence-corrected chi connectivity index (χ3v) is 4.51. The fraction of sp³-hybridized carbons (Fsp3) is 0.118. The molecule has 0 atom stereocenters. The highest BCUT2D eigenvalue weighted by molar-refractivity contribution is 7.15. The van der Waals surface area contributed by atoms with E-state index >= 15 is 0 Å². The number of ether oxygens (including phenoxy) is 1. The molecule has 4 rings (SSSR count). The lowest BCUT2D eigenvalue weighted by Crippen LogP contribution is -2.12. The molecule has 7 nitrogen and oxygen atoms in total. The molecule has 4 aromatic rings. The van der Waals surface area contributed by atoms with Crippen molar-refractivity contribution < 1.29 is 9.53 Å². The predicted octanol–water partition coefficient (Wildman–Crippen LogP) is 3.06. The van der Waals surface area contributed by atoms with Gasteiger partial charge in [0, 0.05) is 42.3 Å². The summed E-state index contributed by atoms with van der Waals surface area (Å²) in [4.78, 5) is 18.0. The van der Waals surface area contributed by atoms with Crippen molar-refractivity contribution in [3.63, 3.8) is 0 Å². The number of imidazole rings is 1. The number of anilines is 1. The molecular weight excluding hydrogens is 338 g/mol. The van der Waals surface area contributed by atoms with E-state index < -0.39 is 0 Å². The van der Waals surface area contributed by atoms with Crippen LogP contribution in [-0.2, 0) is 7.05 Å². The topological polar surface area (TPSA) is 73.5 Å². The molecule has 0 fully saturated rings. The van der Waals surface area contributed by atoms with Gasteiger partial charge in [0.05, 0.1) is 12.8 Å². The molecule has 0 aliphatic rings. The molecule has 0 aliphatic heterocycles. The molecule has 3 heterocycles. The number of rotatable bonds is 4. The lowest BCUT2D eigenvalue weighted by Gasteiger charge is -2.06. The second kappa shape index (κ2) is 6.06. The molecule has 126 valence electrons. The minimum Gasteiger partial charge on any atom is -0.479 e. The molecule has 8 heteroatoms. The van der Waals surface area contributed by atoms with Crippen LogP contribution in [0, 0.1) is 0 Å². The van der Waals surface area contributed by atoms with Gasteiger partial charge in [-0.2, -0.15) is 0 Å². The van der Waals surface area contributed by atoms with Crippen molar-refractivity contribution in [3.05, 3.63) is 53.8 Å². The maximum absolute atomic E-state index is 12.5. The van der Waals surface area contributed by atoms with Gasteiger partial charge < -0.3 is 10.1 Å². The van der Waals surface area contributed by atoms with Crippen LogP contribution in [0.3, 0.4) is 0 Å². The Bertz CT molecular complexity index is 1030. The summed E-state index contributed by atoms with van der Waals surface area (Å²) in [5.74, 6) is 0.0263. The summed E-state index contributed by atoms with van der Waals surface area (Å²) in [7, 11) is 3.23. The van der Waals surface area contributed by atoms with E-state index in [1.165, 1.54) is 7.11 Å². The first-order valence-electron chi connectivity index (χ1n) is 7.55. The van der Waals surface area contributed by atoms with E-state index in [0.29, 0.717) is 17.1 Å². The van der Waals surface area contributed by atoms with Crippen LogP contribution in [0.2, 0.25) is 0 Å². The predicted molar refractivity (Wildman–Crippen MR) is 96.2 cm³/mol. The Morgan fingerprint density at radius 1 is 1.32 bits per heavy atom. The van der Waals surface area contributed by atoms with Crippen molar-refractivity contribution in [2.75, 3.05) is 12.4 Å². The molecule has 0 unspecified atom stereocenters. The smallest absolute Gasteiger partial charge is 0.262 e. The standard InChI is InChI=1S/C17H15N5O2S/c1-21-9-13(16(20-21)24-2)15(23)18-12-5-3-4-11(8-12)14-10-22-6-7-25-17(22)19-14/h3-10H,1-2H3,(H,18,23). The van der Waals surface area contributed by atoms with Crippen molar-refractivity contribution in [2.45, 2.75) is 0 Å². The number of thiazole rings is 1. The first-order valence-corrected chi connectivity index (χ1v) is 8.43. The summed E-state index contributed by atoms with van der Waals surface area (Å²) >= 11 is 1.58. The van der Waals surface area contributed by atoms with Gasteiger partial charge in [-0.15, -0.1) is 16.4 Å². The quantitative estimate of drug-likeness (QED) is 0.612. The molecule has 0 spiro atoms. The van der Waals surface area contributed by atoms with E-state index in [9.17, 15) is 4.79 Å². The van der Waals surface area contributed by atoms with Crippen LogP contribution in [0.4, 0.5) is 5.69 Å². The monoisotopic (exact) mass is 353 g/mol. The lowest BCUT2D eigenvalue weighted by atomic mass is 10.1. The van der Waals surface area contributed by atoms with Gasteiger partial charge in [0.25, 0.3) is 5.91 Å². The Balaban J connectivity index is 1.61. The fourth-order valence-corrected chi connectivity index (χ4v) is 3.30. The fourth-order valence-electron chi connectivity index (χ4n) is 2.60. The van der Waals surface area contributed by atoms with Gasteiger partial charge in [-0.1, -0.05) is 12.1 Å². The molecule has 0 radical (unpaired) electrons. The largest absolute Gasteiger partial charge is 0.479 e. The first-order chi connectivity index (χ1) is 12.1. The van der Waals surface area contributed by atoms with Gasteiger partial charge in [0.15, 0.2) is 4.96 Å². The average molecular weight is 353 g/mol. The minimum absolute atomic E-state index is 0.270. The van der Waals surface area contributed by atoms with E-state index in [-0.39, 0.29) is 5.91 Å². The van der Waals surface area contributed by atoms with Crippen LogP contribution in [0.15, 0.2) is 48.2 Å². The number of nitrogens with one attached hydrogen (secondary N) is 1. The van der Waals surface area contributed by atoms with Gasteiger partial charge in [0.1, 0.15) is 5.56 Å². The molecular formula is C17H15N5O2S. The van der Waals surface area contributed by atoms with Crippen molar-refractivity contribution in [1.82, 2.24) is 19.2 Å². The lowest BCUT2D eigenvalue weighted by molar-refractivity contribution is 0.102. The number of hydrogen-bond acceptors (Lipinski definition) is 5. The highest BCUT2D eigenvalue weighted by Gasteiger charge is 2.16. The van der Waals surface area contributed by atoms with Crippen molar-refractivity contribution in [3.8, 4) is 17.1 Å². The highest BCUT2D eigenvalue weighted by Crippen LogP contribution is 2.25. The van der Waals surface area contributed by atoms with Crippen molar-refractivity contribution >= 4 is 27.9 Å². The van der Waals surface area contributed by atoms with Gasteiger partial charge in [-0.3, -0.25) is 13.9 Å². The van der Waals surface area contributed by atoms with Gasteiger partial charge in [0.2, 0.25) is 5.88 Å². The summed E-state index contributed by atoms with van der Waals surface area (Å²) in [6.45, 7) is 0. The molecule has 1 amide bonds. The van der Waals surface area contributed by atoms with E-state index in [2.05, 4.69) is 15.4 Å². The maximum Gasteiger partial charge on any atom is 0.262 e. The zero-order valence-corrected chi connectivity index (χ0v) is 14.4. The SMILES string of the molecule is COc1nn(C)cc1C(=O)Nc1cccc(-c2cn3ccsc3n2)c1. The average Bonchev–Trinajstić information content (AvgIpc) is 3.28. The highest BCUT2D eigenvalue weighted by atomic mass is 32.1. The van der Waals surface area contributed by atoms with E-state index in [1.807, 2.05) is 46.4 Å². The Labute approximate surface area is 147 Å². The molecule has 25 heavy (non-hydrogen) atoms. The molecule has 0 bridgehead atoms. The third-order valence-electron chi connectivity index (χ3n) is 3.74. The van der Waals surface area contributed by atoms with Gasteiger partial charge in [-0.25, -0.2) is 4.98 Å². The molecule has 3 aromatic heterocycles. The summed E-state index contributed by atoms with van der Waals surface area (Å²) in [5.41, 5.74) is 2.87. The number of hydrogen-bond donors (Lipinski definition) is 1. The maximum atomic E-state index is 12.5. The number of benzene rings is 1. The first kappa shape index (κ1) is 15.4. The molecule has 1 N–H and O–H groups in total. The number of amides is 1. The number of methoxy groups -OCH3 is 1. The second-order valence-electron chi connectivity index (χ2n) is 5.48. The molecule has 0 aliphatic carbocycles. The van der Waals surface area contributed by atoms with Gasteiger partial charge in [-0.05, 0) is 12.1 Å². The summed E-state index contributed by atoms with van der Waals surface area (Å²) in [5, 5.41) is 8.97. The zero-order chi connectivity index (χ0) is 17.4. The zero-order valence-electron chi connectivity index (χ0n) is 13.6. The number of fused-ring (bicyclic) bond motifs is 1. The Hall–Kier alpha value is -3.13. The Kier molecular flexibility index (Phi) is 3.73. The summed E-state index contributed by atoms with van der Waals surface area (Å²) < 4.78 is 8.66. The number of carbonyl (C=O) groups excluding carboxylic acids is 1. The number of carbonyl (C=O) groups is 1. The summed E-state index contributed by atoms with van der Waals surface area (Å²) in [6.07, 6.45) is 5.56. The van der Waals surface area contributed by atoms with Crippen LogP contribution in [0.5, 0.6) is 5.88 Å². The second-order valence-corrected chi connectivity index (χ2v) is 6.35. The number of aromatic nitrogens is 4. The summed E-state index contributed by atoms with van der Waals surface area (Å²) in [6, 6.07) is 7.58. The van der Waals surface area contributed by atoms with Crippen LogP contribution in [-0.4, -0.2) is 32.2 Å². The number of nitrogens with zero attached hydrogens (tertiary/aromatic N) is 4. The van der Waals surface area contributed by atoms with Crippen molar-refractivity contribution in [2.24, 2.45) is 7.05 Å². The molecule has 0 saturated carbocycles. The minimum atomic E-state index is -0.270. The van der Waals surface area contributed by atoms with Crippen LogP contribution < -0.4 is 10.1 Å². The molecule has 1 aromatic carbocycles. The van der Waals surface area contributed by atoms with Crippen LogP contribution >= 0.6 is 11.3 Å². The van der Waals surface area contributed by atoms with E-state index in [1.54, 1.807) is 29.3 Å². The Morgan fingerprint density at radius 3 is 3.00 bits per heavy atom. The van der Waals surface area contributed by atoms with E-state index in [0.717, 1.165) is 16.2 Å².